The maximum Gasteiger partial charge on any atom is 0.416 e. The molecule has 0 aliphatic heterocycles. The van der Waals surface area contributed by atoms with Gasteiger partial charge in [-0.05, 0) is 36.5 Å². The van der Waals surface area contributed by atoms with E-state index >= 15 is 0 Å². The van der Waals surface area contributed by atoms with E-state index in [4.69, 9.17) is 4.52 Å². The van der Waals surface area contributed by atoms with Gasteiger partial charge in [0.15, 0.2) is 0 Å². The third-order valence-electron chi connectivity index (χ3n) is 4.64. The van der Waals surface area contributed by atoms with Crippen LogP contribution in [0.1, 0.15) is 35.9 Å². The van der Waals surface area contributed by atoms with Crippen molar-refractivity contribution in [3.63, 3.8) is 0 Å². The standard InChI is InChI=1S/C20H18F3N3O/c21-20(22,23)16-8-4-7-15(11-16)18(13-9-10-13)24-12-17-25-19(26-27-17)14-5-2-1-3-6-14/h1-8,11,13,18,24H,9-10,12H2/t18-/m1/s1. The molecular formula is C20H18F3N3O. The lowest BCUT2D eigenvalue weighted by Crippen LogP contribution is -2.23. The molecule has 1 N–H and O–H groups in total. The second kappa shape index (κ2) is 7.15. The number of halogens is 3. The fourth-order valence-electron chi connectivity index (χ4n) is 3.12. The van der Waals surface area contributed by atoms with Gasteiger partial charge in [-0.25, -0.2) is 0 Å². The Hall–Kier alpha value is -2.67. The highest BCUT2D eigenvalue weighted by Crippen LogP contribution is 2.42. The second-order valence-corrected chi connectivity index (χ2v) is 6.70. The van der Waals surface area contributed by atoms with Crippen LogP contribution < -0.4 is 5.32 Å². The molecule has 0 radical (unpaired) electrons. The molecule has 1 aliphatic carbocycles. The largest absolute Gasteiger partial charge is 0.416 e. The number of hydrogen-bond acceptors (Lipinski definition) is 4. The quantitative estimate of drug-likeness (QED) is 0.661. The summed E-state index contributed by atoms with van der Waals surface area (Å²) in [5, 5.41) is 7.26. The molecule has 0 amide bonds. The van der Waals surface area contributed by atoms with Gasteiger partial charge in [-0.1, -0.05) is 47.6 Å². The van der Waals surface area contributed by atoms with Crippen LogP contribution in [0, 0.1) is 5.92 Å². The molecule has 1 atom stereocenters. The van der Waals surface area contributed by atoms with Crippen molar-refractivity contribution in [3.8, 4) is 11.4 Å². The normalized spacial score (nSPS) is 15.7. The van der Waals surface area contributed by atoms with Crippen LogP contribution in [0.5, 0.6) is 0 Å². The van der Waals surface area contributed by atoms with Crippen LogP contribution in [0.15, 0.2) is 59.1 Å². The predicted octanol–water partition coefficient (Wildman–Crippen LogP) is 5.00. The summed E-state index contributed by atoms with van der Waals surface area (Å²) in [6.07, 6.45) is -2.36. The van der Waals surface area contributed by atoms with Crippen molar-refractivity contribution < 1.29 is 17.7 Å². The van der Waals surface area contributed by atoms with E-state index in [0.717, 1.165) is 24.5 Å². The zero-order valence-electron chi connectivity index (χ0n) is 14.4. The summed E-state index contributed by atoms with van der Waals surface area (Å²) < 4.78 is 44.3. The number of alkyl halides is 3. The first kappa shape index (κ1) is 17.7. The van der Waals surface area contributed by atoms with Crippen LogP contribution in [-0.2, 0) is 12.7 Å². The topological polar surface area (TPSA) is 51.0 Å². The molecule has 1 fully saturated rings. The first-order chi connectivity index (χ1) is 13.0. The van der Waals surface area contributed by atoms with E-state index in [1.807, 2.05) is 30.3 Å². The van der Waals surface area contributed by atoms with E-state index in [9.17, 15) is 13.2 Å². The summed E-state index contributed by atoms with van der Waals surface area (Å²) in [5.41, 5.74) is 0.857. The fraction of sp³-hybridized carbons (Fsp3) is 0.300. The summed E-state index contributed by atoms with van der Waals surface area (Å²) in [4.78, 5) is 4.36. The summed E-state index contributed by atoms with van der Waals surface area (Å²) in [6, 6.07) is 14.8. The molecule has 0 saturated heterocycles. The highest BCUT2D eigenvalue weighted by atomic mass is 19.4. The zero-order chi connectivity index (χ0) is 18.9. The molecule has 0 spiro atoms. The molecule has 1 aliphatic rings. The van der Waals surface area contributed by atoms with Crippen molar-refractivity contribution in [3.05, 3.63) is 71.6 Å². The Morgan fingerprint density at radius 3 is 2.56 bits per heavy atom. The van der Waals surface area contributed by atoms with Gasteiger partial charge in [0.1, 0.15) is 0 Å². The van der Waals surface area contributed by atoms with Gasteiger partial charge in [0.25, 0.3) is 0 Å². The first-order valence-corrected chi connectivity index (χ1v) is 8.79. The molecule has 1 heterocycles. The van der Waals surface area contributed by atoms with Gasteiger partial charge in [-0.15, -0.1) is 0 Å². The van der Waals surface area contributed by atoms with Crippen LogP contribution in [0.25, 0.3) is 11.4 Å². The van der Waals surface area contributed by atoms with Crippen LogP contribution in [0.4, 0.5) is 13.2 Å². The van der Waals surface area contributed by atoms with Crippen LogP contribution in [0.3, 0.4) is 0 Å². The van der Waals surface area contributed by atoms with Gasteiger partial charge >= 0.3 is 6.18 Å². The van der Waals surface area contributed by atoms with Crippen LogP contribution in [0.2, 0.25) is 0 Å². The van der Waals surface area contributed by atoms with E-state index in [1.54, 1.807) is 6.07 Å². The molecule has 2 aromatic carbocycles. The Kier molecular flexibility index (Phi) is 4.70. The Balaban J connectivity index is 1.48. The number of nitrogens with zero attached hydrogens (tertiary/aromatic N) is 2. The van der Waals surface area contributed by atoms with Gasteiger partial charge in [-0.3, -0.25) is 0 Å². The molecule has 0 unspecified atom stereocenters. The average Bonchev–Trinajstić information content (AvgIpc) is 3.39. The summed E-state index contributed by atoms with van der Waals surface area (Å²) in [7, 11) is 0. The number of benzene rings is 2. The molecule has 0 bridgehead atoms. The fourth-order valence-corrected chi connectivity index (χ4v) is 3.12. The van der Waals surface area contributed by atoms with Crippen molar-refractivity contribution in [2.24, 2.45) is 5.92 Å². The van der Waals surface area contributed by atoms with Crippen molar-refractivity contribution >= 4 is 0 Å². The van der Waals surface area contributed by atoms with Crippen molar-refractivity contribution in [1.82, 2.24) is 15.5 Å². The highest BCUT2D eigenvalue weighted by molar-refractivity contribution is 5.53. The molecule has 3 aromatic rings. The van der Waals surface area contributed by atoms with Gasteiger partial charge in [0.05, 0.1) is 12.1 Å². The molecule has 4 rings (SSSR count). The lowest BCUT2D eigenvalue weighted by atomic mass is 10.00. The molecule has 1 aromatic heterocycles. The van der Waals surface area contributed by atoms with E-state index < -0.39 is 11.7 Å². The molecular weight excluding hydrogens is 355 g/mol. The molecule has 1 saturated carbocycles. The van der Waals surface area contributed by atoms with Gasteiger partial charge in [-0.2, -0.15) is 18.2 Å². The first-order valence-electron chi connectivity index (χ1n) is 8.79. The Labute approximate surface area is 154 Å². The number of rotatable bonds is 6. The van der Waals surface area contributed by atoms with E-state index in [0.29, 0.717) is 29.7 Å². The maximum absolute atomic E-state index is 13.0. The third kappa shape index (κ3) is 4.19. The SMILES string of the molecule is FC(F)(F)c1cccc([C@H](NCc2nc(-c3ccccc3)no2)C2CC2)c1. The Morgan fingerprint density at radius 1 is 1.07 bits per heavy atom. The molecule has 140 valence electrons. The summed E-state index contributed by atoms with van der Waals surface area (Å²) in [6.45, 7) is 0.303. The monoisotopic (exact) mass is 373 g/mol. The minimum atomic E-state index is -4.35. The van der Waals surface area contributed by atoms with Gasteiger partial charge in [0, 0.05) is 11.6 Å². The molecule has 4 nitrogen and oxygen atoms in total. The van der Waals surface area contributed by atoms with E-state index in [1.165, 1.54) is 12.1 Å². The highest BCUT2D eigenvalue weighted by Gasteiger charge is 2.35. The molecule has 7 heteroatoms. The van der Waals surface area contributed by atoms with Crippen molar-refractivity contribution in [2.45, 2.75) is 31.6 Å². The summed E-state index contributed by atoms with van der Waals surface area (Å²) >= 11 is 0. The molecule has 27 heavy (non-hydrogen) atoms. The maximum atomic E-state index is 13.0. The Bertz CT molecular complexity index is 904. The number of hydrogen-bond donors (Lipinski definition) is 1. The third-order valence-corrected chi connectivity index (χ3v) is 4.64. The Morgan fingerprint density at radius 2 is 1.85 bits per heavy atom. The minimum Gasteiger partial charge on any atom is -0.338 e. The van der Waals surface area contributed by atoms with Gasteiger partial charge < -0.3 is 9.84 Å². The van der Waals surface area contributed by atoms with E-state index in [-0.39, 0.29) is 6.04 Å². The minimum absolute atomic E-state index is 0.167. The van der Waals surface area contributed by atoms with Crippen LogP contribution in [-0.4, -0.2) is 10.1 Å². The number of aromatic nitrogens is 2. The second-order valence-electron chi connectivity index (χ2n) is 6.70. The van der Waals surface area contributed by atoms with Crippen molar-refractivity contribution in [1.29, 1.82) is 0 Å². The summed E-state index contributed by atoms with van der Waals surface area (Å²) in [5.74, 6) is 1.23. The average molecular weight is 373 g/mol. The lowest BCUT2D eigenvalue weighted by molar-refractivity contribution is -0.137. The van der Waals surface area contributed by atoms with Gasteiger partial charge in [0.2, 0.25) is 11.7 Å². The van der Waals surface area contributed by atoms with E-state index in [2.05, 4.69) is 15.5 Å². The zero-order valence-corrected chi connectivity index (χ0v) is 14.4. The smallest absolute Gasteiger partial charge is 0.338 e. The van der Waals surface area contributed by atoms with Crippen molar-refractivity contribution in [2.75, 3.05) is 0 Å². The predicted molar refractivity (Wildman–Crippen MR) is 93.5 cm³/mol. The lowest BCUT2D eigenvalue weighted by Gasteiger charge is -2.19. The number of nitrogens with one attached hydrogen (secondary N) is 1. The van der Waals surface area contributed by atoms with Crippen LogP contribution >= 0.6 is 0 Å².